The number of hydrogen-bond donors (Lipinski definition) is 0. The molecule has 2 aliphatic rings. The Kier molecular flexibility index (Phi) is 6.39. The number of likely N-dealkylation sites (tertiary alicyclic amines) is 1. The standard InChI is InChI=1S/C19H29N3O3/c1-15-16(4-3-6-20-15)13-21-7-5-18(24-2)17(14-21)12-19(23)22-8-10-25-11-9-22/h3-4,6,17-18H,5,7-14H2,1-2H3/t17-,18-/m1/s1. The quantitative estimate of drug-likeness (QED) is 0.807. The molecule has 6 nitrogen and oxygen atoms in total. The largest absolute Gasteiger partial charge is 0.381 e. The summed E-state index contributed by atoms with van der Waals surface area (Å²) < 4.78 is 11.0. The number of carbonyl (C=O) groups is 1. The van der Waals surface area contributed by atoms with Crippen molar-refractivity contribution in [2.75, 3.05) is 46.5 Å². The third-order valence-electron chi connectivity index (χ3n) is 5.36. The summed E-state index contributed by atoms with van der Waals surface area (Å²) in [6.45, 7) is 7.55. The molecule has 1 aromatic heterocycles. The minimum Gasteiger partial charge on any atom is -0.381 e. The average molecular weight is 347 g/mol. The average Bonchev–Trinajstić information content (AvgIpc) is 2.64. The van der Waals surface area contributed by atoms with Crippen LogP contribution >= 0.6 is 0 Å². The van der Waals surface area contributed by atoms with E-state index in [1.807, 2.05) is 17.2 Å². The highest BCUT2D eigenvalue weighted by molar-refractivity contribution is 5.76. The molecule has 3 rings (SSSR count). The number of aryl methyl sites for hydroxylation is 1. The molecule has 0 N–H and O–H groups in total. The second kappa shape index (κ2) is 8.74. The van der Waals surface area contributed by atoms with Gasteiger partial charge in [0, 0.05) is 64.1 Å². The lowest BCUT2D eigenvalue weighted by Crippen LogP contribution is -2.47. The minimum absolute atomic E-state index is 0.163. The lowest BCUT2D eigenvalue weighted by Gasteiger charge is -2.39. The molecule has 138 valence electrons. The number of methoxy groups -OCH3 is 1. The number of nitrogens with zero attached hydrogens (tertiary/aromatic N) is 3. The molecule has 6 heteroatoms. The van der Waals surface area contributed by atoms with Gasteiger partial charge >= 0.3 is 0 Å². The lowest BCUT2D eigenvalue weighted by molar-refractivity contribution is -0.138. The Hall–Kier alpha value is -1.50. The van der Waals surface area contributed by atoms with Crippen molar-refractivity contribution in [3.8, 4) is 0 Å². The van der Waals surface area contributed by atoms with Gasteiger partial charge in [0.2, 0.25) is 5.91 Å². The number of carbonyl (C=O) groups excluding carboxylic acids is 1. The molecule has 2 saturated heterocycles. The zero-order valence-electron chi connectivity index (χ0n) is 15.3. The summed E-state index contributed by atoms with van der Waals surface area (Å²) in [6.07, 6.45) is 3.52. The summed E-state index contributed by atoms with van der Waals surface area (Å²) in [5, 5.41) is 0. The summed E-state index contributed by atoms with van der Waals surface area (Å²) in [6, 6.07) is 4.13. The maximum absolute atomic E-state index is 12.6. The van der Waals surface area contributed by atoms with Gasteiger partial charge in [0.15, 0.2) is 0 Å². The topological polar surface area (TPSA) is 54.9 Å². The summed E-state index contributed by atoms with van der Waals surface area (Å²) in [5.41, 5.74) is 2.34. The second-order valence-electron chi connectivity index (χ2n) is 7.00. The Morgan fingerprint density at radius 3 is 2.88 bits per heavy atom. The van der Waals surface area contributed by atoms with Gasteiger partial charge in [0.25, 0.3) is 0 Å². The third kappa shape index (κ3) is 4.77. The molecule has 3 heterocycles. The number of hydrogen-bond acceptors (Lipinski definition) is 5. The predicted octanol–water partition coefficient (Wildman–Crippen LogP) is 1.48. The van der Waals surface area contributed by atoms with Crippen molar-refractivity contribution in [2.24, 2.45) is 5.92 Å². The van der Waals surface area contributed by atoms with Crippen molar-refractivity contribution in [3.05, 3.63) is 29.6 Å². The zero-order valence-corrected chi connectivity index (χ0v) is 15.3. The van der Waals surface area contributed by atoms with Crippen LogP contribution in [0, 0.1) is 12.8 Å². The van der Waals surface area contributed by atoms with E-state index in [2.05, 4.69) is 22.9 Å². The zero-order chi connectivity index (χ0) is 17.6. The van der Waals surface area contributed by atoms with Gasteiger partial charge in [0.1, 0.15) is 0 Å². The third-order valence-corrected chi connectivity index (χ3v) is 5.36. The van der Waals surface area contributed by atoms with E-state index in [4.69, 9.17) is 9.47 Å². The first kappa shape index (κ1) is 18.3. The van der Waals surface area contributed by atoms with Crippen LogP contribution < -0.4 is 0 Å². The van der Waals surface area contributed by atoms with Gasteiger partial charge in [-0.15, -0.1) is 0 Å². The summed E-state index contributed by atoms with van der Waals surface area (Å²) in [4.78, 5) is 21.4. The van der Waals surface area contributed by atoms with E-state index >= 15 is 0 Å². The highest BCUT2D eigenvalue weighted by Gasteiger charge is 2.32. The van der Waals surface area contributed by atoms with E-state index in [0.717, 1.165) is 31.7 Å². The van der Waals surface area contributed by atoms with Crippen molar-refractivity contribution in [1.29, 1.82) is 0 Å². The Morgan fingerprint density at radius 1 is 1.36 bits per heavy atom. The smallest absolute Gasteiger partial charge is 0.223 e. The number of ether oxygens (including phenoxy) is 2. The van der Waals surface area contributed by atoms with Gasteiger partial charge < -0.3 is 14.4 Å². The first-order valence-corrected chi connectivity index (χ1v) is 9.18. The van der Waals surface area contributed by atoms with Gasteiger partial charge in [-0.3, -0.25) is 14.7 Å². The van der Waals surface area contributed by atoms with Crippen LogP contribution in [0.1, 0.15) is 24.1 Å². The van der Waals surface area contributed by atoms with E-state index < -0.39 is 0 Å². The van der Waals surface area contributed by atoms with Crippen LogP contribution in [0.25, 0.3) is 0 Å². The number of pyridine rings is 1. The van der Waals surface area contributed by atoms with Crippen LogP contribution in [0.2, 0.25) is 0 Å². The number of rotatable bonds is 5. The molecule has 0 spiro atoms. The Bertz CT molecular complexity index is 575. The minimum atomic E-state index is 0.163. The maximum atomic E-state index is 12.6. The summed E-state index contributed by atoms with van der Waals surface area (Å²) in [7, 11) is 1.76. The van der Waals surface area contributed by atoms with Crippen LogP contribution in [0.4, 0.5) is 0 Å². The summed E-state index contributed by atoms with van der Waals surface area (Å²) in [5.74, 6) is 0.473. The van der Waals surface area contributed by atoms with Crippen molar-refractivity contribution < 1.29 is 14.3 Å². The Balaban J connectivity index is 1.60. The molecular weight excluding hydrogens is 318 g/mol. The normalized spacial score (nSPS) is 25.1. The van der Waals surface area contributed by atoms with Crippen LogP contribution in [0.3, 0.4) is 0 Å². The molecule has 1 aromatic rings. The first-order chi connectivity index (χ1) is 12.2. The van der Waals surface area contributed by atoms with Crippen molar-refractivity contribution in [1.82, 2.24) is 14.8 Å². The van der Waals surface area contributed by atoms with Gasteiger partial charge in [-0.25, -0.2) is 0 Å². The van der Waals surface area contributed by atoms with E-state index in [-0.39, 0.29) is 17.9 Å². The second-order valence-corrected chi connectivity index (χ2v) is 7.00. The number of morpholine rings is 1. The van der Waals surface area contributed by atoms with Crippen molar-refractivity contribution in [2.45, 2.75) is 32.4 Å². The van der Waals surface area contributed by atoms with E-state index in [1.165, 1.54) is 5.56 Å². The van der Waals surface area contributed by atoms with Crippen LogP contribution in [0.5, 0.6) is 0 Å². The molecule has 0 radical (unpaired) electrons. The molecule has 0 saturated carbocycles. The molecule has 0 unspecified atom stereocenters. The SMILES string of the molecule is CO[C@@H]1CCN(Cc2cccnc2C)C[C@H]1CC(=O)N1CCOCC1. The molecule has 2 fully saturated rings. The van der Waals surface area contributed by atoms with Crippen molar-refractivity contribution >= 4 is 5.91 Å². The fraction of sp³-hybridized carbons (Fsp3) is 0.684. The molecular formula is C19H29N3O3. The number of aromatic nitrogens is 1. The molecule has 1 amide bonds. The molecule has 0 aliphatic carbocycles. The molecule has 2 aliphatic heterocycles. The van der Waals surface area contributed by atoms with Crippen LogP contribution in [-0.4, -0.2) is 73.3 Å². The van der Waals surface area contributed by atoms with Gasteiger partial charge in [0.05, 0.1) is 19.3 Å². The summed E-state index contributed by atoms with van der Waals surface area (Å²) >= 11 is 0. The fourth-order valence-corrected chi connectivity index (χ4v) is 3.83. The molecule has 0 aromatic carbocycles. The highest BCUT2D eigenvalue weighted by Crippen LogP contribution is 2.25. The number of amides is 1. The van der Waals surface area contributed by atoms with Gasteiger partial charge in [-0.05, 0) is 25.0 Å². The van der Waals surface area contributed by atoms with E-state index in [0.29, 0.717) is 32.7 Å². The Morgan fingerprint density at radius 2 is 2.16 bits per heavy atom. The number of piperidine rings is 1. The Labute approximate surface area is 150 Å². The molecule has 2 atom stereocenters. The van der Waals surface area contributed by atoms with E-state index in [1.54, 1.807) is 7.11 Å². The van der Waals surface area contributed by atoms with Gasteiger partial charge in [-0.2, -0.15) is 0 Å². The first-order valence-electron chi connectivity index (χ1n) is 9.18. The molecule has 25 heavy (non-hydrogen) atoms. The van der Waals surface area contributed by atoms with Crippen LogP contribution in [-0.2, 0) is 20.8 Å². The maximum Gasteiger partial charge on any atom is 0.223 e. The van der Waals surface area contributed by atoms with E-state index in [9.17, 15) is 4.79 Å². The highest BCUT2D eigenvalue weighted by atomic mass is 16.5. The van der Waals surface area contributed by atoms with Gasteiger partial charge in [-0.1, -0.05) is 6.07 Å². The van der Waals surface area contributed by atoms with Crippen molar-refractivity contribution in [3.63, 3.8) is 0 Å². The fourth-order valence-electron chi connectivity index (χ4n) is 3.83. The molecule has 0 bridgehead atoms. The van der Waals surface area contributed by atoms with Crippen LogP contribution in [0.15, 0.2) is 18.3 Å². The lowest BCUT2D eigenvalue weighted by atomic mass is 9.90. The monoisotopic (exact) mass is 347 g/mol. The predicted molar refractivity (Wildman–Crippen MR) is 95.2 cm³/mol.